The van der Waals surface area contributed by atoms with Crippen LogP contribution in [0.5, 0.6) is 0 Å². The Morgan fingerprint density at radius 2 is 1.80 bits per heavy atom. The molecule has 0 unspecified atom stereocenters. The summed E-state index contributed by atoms with van der Waals surface area (Å²) in [5, 5.41) is 3.35. The predicted octanol–water partition coefficient (Wildman–Crippen LogP) is 4.96. The number of imidazole rings is 1. The van der Waals surface area contributed by atoms with Gasteiger partial charge in [-0.1, -0.05) is 12.1 Å². The Balaban J connectivity index is 1.39. The van der Waals surface area contributed by atoms with Gasteiger partial charge >= 0.3 is 6.09 Å². The van der Waals surface area contributed by atoms with Gasteiger partial charge in [-0.15, -0.1) is 0 Å². The molecular formula is C28H37F2N7O3. The van der Waals surface area contributed by atoms with Crippen molar-refractivity contribution >= 4 is 28.9 Å². The first-order valence-electron chi connectivity index (χ1n) is 13.8. The van der Waals surface area contributed by atoms with E-state index in [9.17, 15) is 13.6 Å². The number of carbonyl (C=O) groups excluding carboxylic acids is 1. The molecule has 3 aromatic rings. The van der Waals surface area contributed by atoms with E-state index in [-0.39, 0.29) is 11.9 Å². The first-order chi connectivity index (χ1) is 19.1. The molecular weight excluding hydrogens is 520 g/mol. The van der Waals surface area contributed by atoms with Crippen LogP contribution >= 0.6 is 0 Å². The van der Waals surface area contributed by atoms with Crippen LogP contribution in [0.15, 0.2) is 24.3 Å². The third-order valence-electron chi connectivity index (χ3n) is 7.19. The van der Waals surface area contributed by atoms with Crippen molar-refractivity contribution in [2.45, 2.75) is 52.6 Å². The number of para-hydroxylation sites is 1. The molecule has 0 atom stereocenters. The van der Waals surface area contributed by atoms with Crippen molar-refractivity contribution in [2.24, 2.45) is 5.92 Å². The summed E-state index contributed by atoms with van der Waals surface area (Å²) in [6.45, 7) is 11.7. The number of aromatic nitrogens is 4. The lowest BCUT2D eigenvalue weighted by atomic mass is 9.97. The lowest BCUT2D eigenvalue weighted by Gasteiger charge is -2.33. The maximum absolute atomic E-state index is 14.2. The van der Waals surface area contributed by atoms with Gasteiger partial charge in [0.1, 0.15) is 17.2 Å². The summed E-state index contributed by atoms with van der Waals surface area (Å²) in [7, 11) is 0. The first-order valence-corrected chi connectivity index (χ1v) is 13.8. The van der Waals surface area contributed by atoms with E-state index >= 15 is 0 Å². The van der Waals surface area contributed by atoms with Crippen LogP contribution in [0.3, 0.4) is 0 Å². The number of piperidine rings is 1. The minimum atomic E-state index is -2.78. The van der Waals surface area contributed by atoms with Gasteiger partial charge in [0.15, 0.2) is 5.82 Å². The fourth-order valence-electron chi connectivity index (χ4n) is 5.10. The number of nitrogens with one attached hydrogen (secondary N) is 1. The first kappa shape index (κ1) is 28.0. The topological polar surface area (TPSA) is 97.6 Å². The average molecular weight is 558 g/mol. The molecule has 0 aliphatic carbocycles. The van der Waals surface area contributed by atoms with Gasteiger partial charge in [-0.25, -0.2) is 18.6 Å². The smallest absolute Gasteiger partial charge is 0.410 e. The highest BCUT2D eigenvalue weighted by molar-refractivity contribution is 5.81. The van der Waals surface area contributed by atoms with Crippen molar-refractivity contribution in [2.75, 3.05) is 56.2 Å². The fourth-order valence-corrected chi connectivity index (χ4v) is 5.10. The van der Waals surface area contributed by atoms with Crippen molar-refractivity contribution in [3.8, 4) is 5.82 Å². The van der Waals surface area contributed by atoms with Gasteiger partial charge in [-0.05, 0) is 58.1 Å². The van der Waals surface area contributed by atoms with Crippen LogP contribution in [0.2, 0.25) is 0 Å². The quantitative estimate of drug-likeness (QED) is 0.455. The predicted molar refractivity (Wildman–Crippen MR) is 148 cm³/mol. The summed E-state index contributed by atoms with van der Waals surface area (Å²) in [6.07, 6.45) is -1.45. The van der Waals surface area contributed by atoms with Crippen molar-refractivity contribution in [1.29, 1.82) is 0 Å². The second-order valence-corrected chi connectivity index (χ2v) is 11.3. The molecule has 0 radical (unpaired) electrons. The molecule has 0 saturated carbocycles. The van der Waals surface area contributed by atoms with E-state index < -0.39 is 12.0 Å². The number of aryl methyl sites for hydroxylation is 1. The van der Waals surface area contributed by atoms with E-state index in [1.165, 1.54) is 4.57 Å². The molecule has 2 aliphatic heterocycles. The maximum Gasteiger partial charge on any atom is 0.410 e. The van der Waals surface area contributed by atoms with E-state index in [1.54, 1.807) is 17.0 Å². The van der Waals surface area contributed by atoms with Crippen LogP contribution in [0, 0.1) is 12.8 Å². The summed E-state index contributed by atoms with van der Waals surface area (Å²) < 4.78 is 40.8. The Morgan fingerprint density at radius 3 is 2.48 bits per heavy atom. The Kier molecular flexibility index (Phi) is 8.07. The molecule has 2 saturated heterocycles. The molecule has 2 fully saturated rings. The molecule has 1 amide bonds. The molecule has 2 aliphatic rings. The summed E-state index contributed by atoms with van der Waals surface area (Å²) in [5.41, 5.74) is 1.38. The molecule has 216 valence electrons. The van der Waals surface area contributed by atoms with E-state index in [0.29, 0.717) is 80.5 Å². The number of nitrogens with zero attached hydrogens (tertiary/aromatic N) is 6. The molecule has 10 nitrogen and oxygen atoms in total. The molecule has 1 aromatic carbocycles. The van der Waals surface area contributed by atoms with E-state index in [4.69, 9.17) is 14.5 Å². The molecule has 5 rings (SSSR count). The molecule has 1 N–H and O–H groups in total. The monoisotopic (exact) mass is 557 g/mol. The number of anilines is 2. The van der Waals surface area contributed by atoms with Crippen LogP contribution in [0.25, 0.3) is 16.9 Å². The third kappa shape index (κ3) is 6.27. The number of rotatable bonds is 6. The number of hydrogen-bond acceptors (Lipinski definition) is 8. The van der Waals surface area contributed by atoms with Crippen molar-refractivity contribution in [3.05, 3.63) is 35.7 Å². The van der Waals surface area contributed by atoms with Gasteiger partial charge in [-0.2, -0.15) is 9.97 Å². The second-order valence-electron chi connectivity index (χ2n) is 11.3. The van der Waals surface area contributed by atoms with Gasteiger partial charge in [0, 0.05) is 38.8 Å². The Bertz CT molecular complexity index is 1340. The van der Waals surface area contributed by atoms with Crippen LogP contribution in [0.4, 0.5) is 25.3 Å². The fraction of sp³-hybridized carbons (Fsp3) is 0.571. The lowest BCUT2D eigenvalue weighted by molar-refractivity contribution is 0.0188. The van der Waals surface area contributed by atoms with Crippen LogP contribution < -0.4 is 10.2 Å². The minimum Gasteiger partial charge on any atom is -0.444 e. The van der Waals surface area contributed by atoms with Crippen LogP contribution in [0.1, 0.15) is 51.4 Å². The van der Waals surface area contributed by atoms with Gasteiger partial charge in [0.25, 0.3) is 6.43 Å². The maximum atomic E-state index is 14.2. The number of likely N-dealkylation sites (tertiary alicyclic amines) is 1. The highest BCUT2D eigenvalue weighted by atomic mass is 19.3. The van der Waals surface area contributed by atoms with Crippen LogP contribution in [-0.4, -0.2) is 82.1 Å². The minimum absolute atomic E-state index is 0.289. The SMILES string of the molecule is Cc1cccc2c1nc(C(F)F)n2-c1cc(N2CCOCC2)nc(NCC2CCN(C(=O)OC(C)(C)C)CC2)n1. The van der Waals surface area contributed by atoms with Gasteiger partial charge in [0.2, 0.25) is 5.95 Å². The number of amides is 1. The van der Waals surface area contributed by atoms with E-state index in [0.717, 1.165) is 18.4 Å². The summed E-state index contributed by atoms with van der Waals surface area (Å²) in [4.78, 5) is 30.0. The molecule has 40 heavy (non-hydrogen) atoms. The highest BCUT2D eigenvalue weighted by Gasteiger charge is 2.28. The van der Waals surface area contributed by atoms with Crippen LogP contribution in [-0.2, 0) is 9.47 Å². The average Bonchev–Trinajstić information content (AvgIpc) is 3.33. The van der Waals surface area contributed by atoms with Gasteiger partial charge < -0.3 is 24.6 Å². The molecule has 2 aromatic heterocycles. The van der Waals surface area contributed by atoms with Crippen molar-refractivity contribution in [1.82, 2.24) is 24.4 Å². The molecule has 0 bridgehead atoms. The standard InChI is InChI=1S/C28H37F2N7O3/c1-18-6-5-7-20-23(18)34-25(24(29)30)37(20)22-16-21(35-12-14-39-15-13-35)32-26(33-22)31-17-19-8-10-36(11-9-19)27(38)40-28(2,3)4/h5-7,16,19,24H,8-15,17H2,1-4H3,(H,31,32,33). The Morgan fingerprint density at radius 1 is 1.10 bits per heavy atom. The zero-order valence-corrected chi connectivity index (χ0v) is 23.5. The Labute approximate surface area is 232 Å². The van der Waals surface area contributed by atoms with E-state index in [1.807, 2.05) is 39.8 Å². The molecule has 4 heterocycles. The zero-order chi connectivity index (χ0) is 28.4. The zero-order valence-electron chi connectivity index (χ0n) is 23.5. The number of benzene rings is 1. The van der Waals surface area contributed by atoms with Gasteiger partial charge in [0.05, 0.1) is 24.2 Å². The van der Waals surface area contributed by atoms with Crippen molar-refractivity contribution in [3.63, 3.8) is 0 Å². The summed E-state index contributed by atoms with van der Waals surface area (Å²) >= 11 is 0. The highest BCUT2D eigenvalue weighted by Crippen LogP contribution is 2.31. The molecule has 0 spiro atoms. The normalized spacial score (nSPS) is 17.1. The lowest BCUT2D eigenvalue weighted by Crippen LogP contribution is -2.42. The Hall–Kier alpha value is -3.54. The number of alkyl halides is 2. The summed E-state index contributed by atoms with van der Waals surface area (Å²) in [6, 6.07) is 7.21. The number of hydrogen-bond donors (Lipinski definition) is 1. The number of fused-ring (bicyclic) bond motifs is 1. The van der Waals surface area contributed by atoms with Crippen molar-refractivity contribution < 1.29 is 23.0 Å². The van der Waals surface area contributed by atoms with Gasteiger partial charge in [-0.3, -0.25) is 4.57 Å². The number of carbonyl (C=O) groups is 1. The number of morpholine rings is 1. The largest absolute Gasteiger partial charge is 0.444 e. The number of ether oxygens (including phenoxy) is 2. The second kappa shape index (κ2) is 11.5. The molecule has 12 heteroatoms. The number of halogens is 2. The third-order valence-corrected chi connectivity index (χ3v) is 7.19. The summed E-state index contributed by atoms with van der Waals surface area (Å²) in [5.74, 6) is 1.29. The van der Waals surface area contributed by atoms with E-state index in [2.05, 4.69) is 20.2 Å².